The molecule has 0 radical (unpaired) electrons. The van der Waals surface area contributed by atoms with E-state index in [9.17, 15) is 9.59 Å². The highest BCUT2D eigenvalue weighted by Gasteiger charge is 2.34. The quantitative estimate of drug-likeness (QED) is 0.771. The second-order valence-electron chi connectivity index (χ2n) is 8.18. The number of hydrogen-bond donors (Lipinski definition) is 2. The molecule has 0 bridgehead atoms. The Morgan fingerprint density at radius 3 is 2.38 bits per heavy atom. The zero-order chi connectivity index (χ0) is 20.1. The Labute approximate surface area is 172 Å². The largest absolute Gasteiger partial charge is 0.352 e. The first kappa shape index (κ1) is 19.5. The van der Waals surface area contributed by atoms with Crippen LogP contribution in [0.2, 0.25) is 0 Å². The monoisotopic (exact) mass is 391 g/mol. The zero-order valence-electron chi connectivity index (χ0n) is 16.8. The van der Waals surface area contributed by atoms with Gasteiger partial charge in [-0.05, 0) is 54.5 Å². The third kappa shape index (κ3) is 4.97. The number of likely N-dealkylation sites (tertiary alicyclic amines) is 1. The molecule has 2 aromatic carbocycles. The number of anilines is 1. The molecular weight excluding hydrogens is 362 g/mol. The molecule has 2 aromatic rings. The summed E-state index contributed by atoms with van der Waals surface area (Å²) in [4.78, 5) is 26.7. The Hall–Kier alpha value is -2.82. The summed E-state index contributed by atoms with van der Waals surface area (Å²) in [5, 5.41) is 5.91. The molecule has 0 aromatic heterocycles. The van der Waals surface area contributed by atoms with Gasteiger partial charge in [-0.15, -0.1) is 0 Å². The first-order chi connectivity index (χ1) is 14.2. The number of urea groups is 1. The molecule has 4 rings (SSSR count). The van der Waals surface area contributed by atoms with Crippen molar-refractivity contribution in [3.8, 4) is 0 Å². The fraction of sp³-hybridized carbons (Fsp3) is 0.417. The number of nitrogens with zero attached hydrogens (tertiary/aromatic N) is 1. The summed E-state index contributed by atoms with van der Waals surface area (Å²) in [5.74, 6) is 1.41. The molecule has 1 aliphatic heterocycles. The molecule has 3 amide bonds. The van der Waals surface area contributed by atoms with Crippen LogP contribution in [0.25, 0.3) is 0 Å². The molecule has 1 saturated carbocycles. The van der Waals surface area contributed by atoms with Crippen molar-refractivity contribution in [1.82, 2.24) is 10.2 Å². The van der Waals surface area contributed by atoms with Crippen molar-refractivity contribution < 1.29 is 9.59 Å². The van der Waals surface area contributed by atoms with E-state index in [1.807, 2.05) is 23.1 Å². The summed E-state index contributed by atoms with van der Waals surface area (Å²) in [5.41, 5.74) is 2.53. The average molecular weight is 392 g/mol. The molecule has 1 heterocycles. The smallest absolute Gasteiger partial charge is 0.321 e. The third-order valence-electron chi connectivity index (χ3n) is 6.27. The normalized spacial score (nSPS) is 18.9. The summed E-state index contributed by atoms with van der Waals surface area (Å²) in [6.07, 6.45) is 5.93. The third-order valence-corrected chi connectivity index (χ3v) is 6.27. The zero-order valence-corrected chi connectivity index (χ0v) is 16.8. The van der Waals surface area contributed by atoms with Crippen molar-refractivity contribution in [1.29, 1.82) is 0 Å². The van der Waals surface area contributed by atoms with E-state index in [1.165, 1.54) is 24.8 Å². The van der Waals surface area contributed by atoms with E-state index < -0.39 is 0 Å². The Morgan fingerprint density at radius 2 is 1.69 bits per heavy atom. The van der Waals surface area contributed by atoms with Crippen LogP contribution in [0.3, 0.4) is 0 Å². The summed E-state index contributed by atoms with van der Waals surface area (Å²) in [7, 11) is 0. The fourth-order valence-electron chi connectivity index (χ4n) is 4.24. The average Bonchev–Trinajstić information content (AvgIpc) is 3.17. The highest BCUT2D eigenvalue weighted by molar-refractivity contribution is 5.95. The van der Waals surface area contributed by atoms with Gasteiger partial charge < -0.3 is 15.5 Å². The number of benzene rings is 2. The van der Waals surface area contributed by atoms with Crippen LogP contribution >= 0.6 is 0 Å². The predicted molar refractivity (Wildman–Crippen MR) is 115 cm³/mol. The lowest BCUT2D eigenvalue weighted by Gasteiger charge is -2.31. The molecule has 1 atom stereocenters. The van der Waals surface area contributed by atoms with Crippen molar-refractivity contribution in [2.75, 3.05) is 25.0 Å². The second-order valence-corrected chi connectivity index (χ2v) is 8.18. The first-order valence-electron chi connectivity index (χ1n) is 10.7. The van der Waals surface area contributed by atoms with E-state index in [0.29, 0.717) is 18.0 Å². The molecular formula is C24H29N3O2. The van der Waals surface area contributed by atoms with Gasteiger partial charge in [-0.2, -0.15) is 0 Å². The standard InChI is InChI=1S/C24H29N3O2/c28-23(25-15-13-18-5-2-1-3-6-18)20-9-11-22(12-10-20)26-24(29)27-16-14-21(17-27)19-7-4-8-19/h1-3,5-6,9-12,19,21H,4,7-8,13-17H2,(H,25,28)(H,26,29). The molecule has 29 heavy (non-hydrogen) atoms. The van der Waals surface area contributed by atoms with Crippen molar-refractivity contribution >= 4 is 17.6 Å². The minimum Gasteiger partial charge on any atom is -0.352 e. The first-order valence-corrected chi connectivity index (χ1v) is 10.7. The number of carbonyl (C=O) groups excluding carboxylic acids is 2. The molecule has 152 valence electrons. The van der Waals surface area contributed by atoms with Gasteiger partial charge in [0.2, 0.25) is 0 Å². The van der Waals surface area contributed by atoms with Crippen LogP contribution in [-0.4, -0.2) is 36.5 Å². The van der Waals surface area contributed by atoms with Crippen molar-refractivity contribution in [2.24, 2.45) is 11.8 Å². The van der Waals surface area contributed by atoms with Gasteiger partial charge in [-0.1, -0.05) is 49.6 Å². The Kier molecular flexibility index (Phi) is 6.13. The van der Waals surface area contributed by atoms with Gasteiger partial charge in [-0.25, -0.2) is 4.79 Å². The minimum atomic E-state index is -0.0957. The molecule has 1 saturated heterocycles. The maximum Gasteiger partial charge on any atom is 0.321 e. The summed E-state index contributed by atoms with van der Waals surface area (Å²) < 4.78 is 0. The topological polar surface area (TPSA) is 61.4 Å². The van der Waals surface area contributed by atoms with Gasteiger partial charge in [-0.3, -0.25) is 4.79 Å². The SMILES string of the molecule is O=C(NCCc1ccccc1)c1ccc(NC(=O)N2CCC(C3CCC3)C2)cc1. The van der Waals surface area contributed by atoms with Crippen LogP contribution in [-0.2, 0) is 6.42 Å². The maximum absolute atomic E-state index is 12.5. The van der Waals surface area contributed by atoms with E-state index >= 15 is 0 Å². The van der Waals surface area contributed by atoms with Gasteiger partial charge in [0.05, 0.1) is 0 Å². The Balaban J connectivity index is 1.23. The number of rotatable bonds is 6. The second kappa shape index (κ2) is 9.12. The molecule has 1 aliphatic carbocycles. The van der Waals surface area contributed by atoms with Crippen molar-refractivity contribution in [2.45, 2.75) is 32.1 Å². The molecule has 2 fully saturated rings. The van der Waals surface area contributed by atoms with E-state index in [2.05, 4.69) is 22.8 Å². The van der Waals surface area contributed by atoms with Crippen LogP contribution in [0, 0.1) is 11.8 Å². The van der Waals surface area contributed by atoms with Crippen LogP contribution in [0.1, 0.15) is 41.6 Å². The molecule has 1 unspecified atom stereocenters. The van der Waals surface area contributed by atoms with E-state index in [-0.39, 0.29) is 11.9 Å². The molecule has 5 heteroatoms. The maximum atomic E-state index is 12.5. The van der Waals surface area contributed by atoms with Gasteiger partial charge in [0, 0.05) is 30.9 Å². The highest BCUT2D eigenvalue weighted by Crippen LogP contribution is 2.38. The van der Waals surface area contributed by atoms with Crippen LogP contribution < -0.4 is 10.6 Å². The molecule has 2 N–H and O–H groups in total. The molecule has 0 spiro atoms. The van der Waals surface area contributed by atoms with Gasteiger partial charge in [0.25, 0.3) is 5.91 Å². The summed E-state index contributed by atoms with van der Waals surface area (Å²) in [6.45, 7) is 2.31. The van der Waals surface area contributed by atoms with E-state index in [0.717, 1.165) is 37.5 Å². The minimum absolute atomic E-state index is 0.0353. The lowest BCUT2D eigenvalue weighted by molar-refractivity contribution is 0.0954. The summed E-state index contributed by atoms with van der Waals surface area (Å²) >= 11 is 0. The predicted octanol–water partition coefficient (Wildman–Crippen LogP) is 4.31. The van der Waals surface area contributed by atoms with Gasteiger partial charge >= 0.3 is 6.03 Å². The fourth-order valence-corrected chi connectivity index (χ4v) is 4.24. The number of amides is 3. The number of nitrogens with one attached hydrogen (secondary N) is 2. The lowest BCUT2D eigenvalue weighted by atomic mass is 9.75. The Morgan fingerprint density at radius 1 is 0.931 bits per heavy atom. The van der Waals surface area contributed by atoms with Crippen LogP contribution in [0.15, 0.2) is 54.6 Å². The van der Waals surface area contributed by atoms with Crippen LogP contribution in [0.4, 0.5) is 10.5 Å². The Bertz CT molecular complexity index is 831. The molecule has 5 nitrogen and oxygen atoms in total. The highest BCUT2D eigenvalue weighted by atomic mass is 16.2. The van der Waals surface area contributed by atoms with E-state index in [1.54, 1.807) is 24.3 Å². The number of carbonyl (C=O) groups is 2. The van der Waals surface area contributed by atoms with Gasteiger partial charge in [0.1, 0.15) is 0 Å². The van der Waals surface area contributed by atoms with E-state index in [4.69, 9.17) is 0 Å². The van der Waals surface area contributed by atoms with Gasteiger partial charge in [0.15, 0.2) is 0 Å². The van der Waals surface area contributed by atoms with Crippen molar-refractivity contribution in [3.63, 3.8) is 0 Å². The number of hydrogen-bond acceptors (Lipinski definition) is 2. The lowest BCUT2D eigenvalue weighted by Crippen LogP contribution is -2.34. The summed E-state index contributed by atoms with van der Waals surface area (Å²) in [6, 6.07) is 17.2. The molecule has 2 aliphatic rings. The van der Waals surface area contributed by atoms with Crippen LogP contribution in [0.5, 0.6) is 0 Å². The van der Waals surface area contributed by atoms with Crippen molar-refractivity contribution in [3.05, 3.63) is 65.7 Å².